The largest absolute Gasteiger partial charge is 0.326 e. The summed E-state index contributed by atoms with van der Waals surface area (Å²) in [5.74, 6) is 1.93. The number of nitrogens with two attached hydrogens (primary N) is 1. The Morgan fingerprint density at radius 3 is 2.88 bits per heavy atom. The molecule has 0 atom stereocenters. The SMILES string of the molecule is NCc1csc(S(=O)(=O)N2CCCSCC2)c1. The van der Waals surface area contributed by atoms with E-state index in [1.165, 1.54) is 11.3 Å². The summed E-state index contributed by atoms with van der Waals surface area (Å²) in [6.45, 7) is 1.63. The Bertz CT molecular complexity index is 462. The van der Waals surface area contributed by atoms with Crippen molar-refractivity contribution in [3.05, 3.63) is 17.0 Å². The maximum absolute atomic E-state index is 12.4. The Balaban J connectivity index is 2.22. The molecule has 1 aliphatic rings. The van der Waals surface area contributed by atoms with Gasteiger partial charge in [-0.15, -0.1) is 11.3 Å². The maximum atomic E-state index is 12.4. The van der Waals surface area contributed by atoms with Crippen LogP contribution in [0.3, 0.4) is 0 Å². The van der Waals surface area contributed by atoms with Crippen LogP contribution in [0.2, 0.25) is 0 Å². The van der Waals surface area contributed by atoms with Crippen LogP contribution in [-0.4, -0.2) is 37.3 Å². The molecule has 0 saturated carbocycles. The summed E-state index contributed by atoms with van der Waals surface area (Å²) >= 11 is 3.08. The van der Waals surface area contributed by atoms with E-state index in [-0.39, 0.29) is 0 Å². The number of nitrogens with zero attached hydrogens (tertiary/aromatic N) is 1. The molecule has 0 spiro atoms. The summed E-state index contributed by atoms with van der Waals surface area (Å²) in [6.07, 6.45) is 0.930. The third-order valence-corrected chi connectivity index (χ3v) is 7.05. The van der Waals surface area contributed by atoms with Crippen LogP contribution in [0, 0.1) is 0 Å². The fraction of sp³-hybridized carbons (Fsp3) is 0.600. The highest BCUT2D eigenvalue weighted by molar-refractivity contribution is 7.99. The van der Waals surface area contributed by atoms with Crippen molar-refractivity contribution in [3.8, 4) is 0 Å². The van der Waals surface area contributed by atoms with E-state index in [0.717, 1.165) is 23.5 Å². The van der Waals surface area contributed by atoms with Gasteiger partial charge in [0.15, 0.2) is 0 Å². The molecule has 0 amide bonds. The number of thiophene rings is 1. The second kappa shape index (κ2) is 5.71. The Hall–Kier alpha value is -0.0800. The van der Waals surface area contributed by atoms with Gasteiger partial charge in [0.2, 0.25) is 0 Å². The Morgan fingerprint density at radius 1 is 1.35 bits per heavy atom. The van der Waals surface area contributed by atoms with Crippen LogP contribution in [0.5, 0.6) is 0 Å². The lowest BCUT2D eigenvalue weighted by Crippen LogP contribution is -2.32. The lowest BCUT2D eigenvalue weighted by molar-refractivity contribution is 0.436. The van der Waals surface area contributed by atoms with Crippen molar-refractivity contribution < 1.29 is 8.42 Å². The smallest absolute Gasteiger partial charge is 0.252 e. The van der Waals surface area contributed by atoms with Crippen molar-refractivity contribution in [3.63, 3.8) is 0 Å². The molecule has 1 fully saturated rings. The molecule has 0 radical (unpaired) electrons. The van der Waals surface area contributed by atoms with Crippen molar-refractivity contribution in [1.82, 2.24) is 4.31 Å². The highest BCUT2D eigenvalue weighted by atomic mass is 32.2. The number of sulfonamides is 1. The molecule has 0 aromatic carbocycles. The highest BCUT2D eigenvalue weighted by Gasteiger charge is 2.26. The van der Waals surface area contributed by atoms with Gasteiger partial charge < -0.3 is 5.73 Å². The summed E-state index contributed by atoms with van der Waals surface area (Å²) in [7, 11) is -3.29. The van der Waals surface area contributed by atoms with Gasteiger partial charge in [-0.2, -0.15) is 16.1 Å². The quantitative estimate of drug-likeness (QED) is 0.913. The first-order valence-corrected chi connectivity index (χ1v) is 8.97. The molecule has 1 aliphatic heterocycles. The predicted molar refractivity (Wildman–Crippen MR) is 72.9 cm³/mol. The van der Waals surface area contributed by atoms with E-state index in [0.29, 0.717) is 23.8 Å². The molecule has 1 aromatic rings. The summed E-state index contributed by atoms with van der Waals surface area (Å²) in [6, 6.07) is 1.69. The van der Waals surface area contributed by atoms with E-state index in [1.807, 2.05) is 17.1 Å². The van der Waals surface area contributed by atoms with E-state index in [1.54, 1.807) is 10.4 Å². The Morgan fingerprint density at radius 2 is 2.18 bits per heavy atom. The average molecular weight is 292 g/mol. The molecule has 1 saturated heterocycles. The van der Waals surface area contributed by atoms with E-state index in [2.05, 4.69) is 0 Å². The van der Waals surface area contributed by atoms with Crippen molar-refractivity contribution in [2.45, 2.75) is 17.2 Å². The molecular formula is C10H16N2O2S3. The fourth-order valence-electron chi connectivity index (χ4n) is 1.69. The average Bonchev–Trinajstić information content (AvgIpc) is 2.64. The topological polar surface area (TPSA) is 63.4 Å². The standard InChI is InChI=1S/C10H16N2O2S3/c11-7-9-6-10(16-8-9)17(13,14)12-2-1-4-15-5-3-12/h6,8H,1-5,7,11H2. The molecule has 4 nitrogen and oxygen atoms in total. The molecule has 0 unspecified atom stereocenters. The van der Waals surface area contributed by atoms with Crippen molar-refractivity contribution >= 4 is 33.1 Å². The third-order valence-electron chi connectivity index (χ3n) is 2.64. The molecule has 17 heavy (non-hydrogen) atoms. The molecule has 2 N–H and O–H groups in total. The minimum atomic E-state index is -3.29. The number of hydrogen-bond donors (Lipinski definition) is 1. The van der Waals surface area contributed by atoms with E-state index < -0.39 is 10.0 Å². The Labute approximate surface area is 110 Å². The monoisotopic (exact) mass is 292 g/mol. The highest BCUT2D eigenvalue weighted by Crippen LogP contribution is 2.25. The van der Waals surface area contributed by atoms with Crippen LogP contribution in [-0.2, 0) is 16.6 Å². The van der Waals surface area contributed by atoms with Gasteiger partial charge in [0.05, 0.1) is 0 Å². The van der Waals surface area contributed by atoms with Crippen molar-refractivity contribution in [1.29, 1.82) is 0 Å². The minimum Gasteiger partial charge on any atom is -0.326 e. The predicted octanol–water partition coefficient (Wildman–Crippen LogP) is 1.33. The van der Waals surface area contributed by atoms with E-state index in [4.69, 9.17) is 5.73 Å². The van der Waals surface area contributed by atoms with Gasteiger partial charge in [0, 0.05) is 25.4 Å². The van der Waals surface area contributed by atoms with Crippen LogP contribution < -0.4 is 5.73 Å². The molecule has 96 valence electrons. The van der Waals surface area contributed by atoms with Gasteiger partial charge in [-0.3, -0.25) is 0 Å². The zero-order valence-corrected chi connectivity index (χ0v) is 11.9. The molecular weight excluding hydrogens is 276 g/mol. The third kappa shape index (κ3) is 3.03. The molecule has 0 aliphatic carbocycles. The lowest BCUT2D eigenvalue weighted by atomic mass is 10.4. The fourth-order valence-corrected chi connectivity index (χ4v) is 5.54. The zero-order valence-electron chi connectivity index (χ0n) is 9.46. The summed E-state index contributed by atoms with van der Waals surface area (Å²) in [5.41, 5.74) is 6.39. The zero-order chi connectivity index (χ0) is 12.3. The molecule has 2 rings (SSSR count). The van der Waals surface area contributed by atoms with Crippen LogP contribution in [0.15, 0.2) is 15.7 Å². The van der Waals surface area contributed by atoms with Crippen molar-refractivity contribution in [2.24, 2.45) is 5.73 Å². The minimum absolute atomic E-state index is 0.391. The molecule has 7 heteroatoms. The maximum Gasteiger partial charge on any atom is 0.252 e. The van der Waals surface area contributed by atoms with Gasteiger partial charge in [-0.05, 0) is 29.2 Å². The summed E-state index contributed by atoms with van der Waals surface area (Å²) in [4.78, 5) is 0. The van der Waals surface area contributed by atoms with Crippen LogP contribution in [0.4, 0.5) is 0 Å². The Kier molecular flexibility index (Phi) is 4.48. The van der Waals surface area contributed by atoms with Crippen LogP contribution in [0.1, 0.15) is 12.0 Å². The van der Waals surface area contributed by atoms with Gasteiger partial charge in [0.1, 0.15) is 4.21 Å². The first-order chi connectivity index (χ1) is 8.14. The van der Waals surface area contributed by atoms with E-state index >= 15 is 0 Å². The number of rotatable bonds is 3. The second-order valence-electron chi connectivity index (χ2n) is 3.85. The molecule has 2 heterocycles. The van der Waals surface area contributed by atoms with E-state index in [9.17, 15) is 8.42 Å². The van der Waals surface area contributed by atoms with Crippen molar-refractivity contribution in [2.75, 3.05) is 24.6 Å². The number of hydrogen-bond acceptors (Lipinski definition) is 5. The van der Waals surface area contributed by atoms with Gasteiger partial charge >= 0.3 is 0 Å². The molecule has 1 aromatic heterocycles. The van der Waals surface area contributed by atoms with Gasteiger partial charge in [-0.25, -0.2) is 8.42 Å². The van der Waals surface area contributed by atoms with Gasteiger partial charge in [-0.1, -0.05) is 0 Å². The number of thioether (sulfide) groups is 1. The lowest BCUT2D eigenvalue weighted by Gasteiger charge is -2.18. The van der Waals surface area contributed by atoms with Crippen LogP contribution >= 0.6 is 23.1 Å². The first-order valence-electron chi connectivity index (χ1n) is 5.50. The summed E-state index contributed by atoms with van der Waals surface area (Å²) < 4.78 is 26.7. The second-order valence-corrected chi connectivity index (χ2v) is 8.15. The normalized spacial score (nSPS) is 19.1. The van der Waals surface area contributed by atoms with Crippen LogP contribution in [0.25, 0.3) is 0 Å². The first kappa shape index (κ1) is 13.4. The molecule has 0 bridgehead atoms. The summed E-state index contributed by atoms with van der Waals surface area (Å²) in [5, 5.41) is 1.82. The van der Waals surface area contributed by atoms with Gasteiger partial charge in [0.25, 0.3) is 10.0 Å².